The van der Waals surface area contributed by atoms with Crippen LogP contribution in [0.15, 0.2) is 47.4 Å². The van der Waals surface area contributed by atoms with Crippen LogP contribution in [0.25, 0.3) is 0 Å². The van der Waals surface area contributed by atoms with Crippen molar-refractivity contribution >= 4 is 44.8 Å². The fraction of sp³-hybridized carbons (Fsp3) is 0.409. The summed E-state index contributed by atoms with van der Waals surface area (Å²) >= 11 is 12.5. The number of benzene rings is 2. The van der Waals surface area contributed by atoms with Crippen LogP contribution in [0.5, 0.6) is 0 Å². The summed E-state index contributed by atoms with van der Waals surface area (Å²) in [6.07, 6.45) is 2.50. The number of piperazine rings is 1. The van der Waals surface area contributed by atoms with Crippen LogP contribution in [-0.4, -0.2) is 62.8 Å². The number of fused-ring (bicyclic) bond motifs is 1. The average molecular weight is 482 g/mol. The maximum absolute atomic E-state index is 12.6. The van der Waals surface area contributed by atoms with Crippen molar-refractivity contribution in [2.45, 2.75) is 24.2 Å². The molecule has 0 unspecified atom stereocenters. The molecule has 1 amide bonds. The smallest absolute Gasteiger partial charge is 0.269 e. The minimum absolute atomic E-state index is 0.123. The molecule has 166 valence electrons. The van der Waals surface area contributed by atoms with Crippen molar-refractivity contribution < 1.29 is 13.2 Å². The van der Waals surface area contributed by atoms with Gasteiger partial charge in [0.2, 0.25) is 0 Å². The van der Waals surface area contributed by atoms with Crippen LogP contribution >= 0.6 is 23.2 Å². The molecule has 2 aliphatic rings. The van der Waals surface area contributed by atoms with E-state index >= 15 is 0 Å². The minimum atomic E-state index is -3.69. The number of rotatable bonds is 7. The predicted molar refractivity (Wildman–Crippen MR) is 124 cm³/mol. The van der Waals surface area contributed by atoms with Gasteiger partial charge in [-0.25, -0.2) is 12.7 Å². The molecule has 4 rings (SSSR count). The Labute approximate surface area is 193 Å². The summed E-state index contributed by atoms with van der Waals surface area (Å²) in [7, 11) is -3.69. The van der Waals surface area contributed by atoms with Crippen LogP contribution < -0.4 is 4.90 Å². The fourth-order valence-electron chi connectivity index (χ4n) is 4.17. The summed E-state index contributed by atoms with van der Waals surface area (Å²) in [5, 5.41) is 1.18. The Kier molecular flexibility index (Phi) is 6.77. The fourth-order valence-corrected chi connectivity index (χ4v) is 6.19. The normalized spacial score (nSPS) is 18.5. The van der Waals surface area contributed by atoms with Crippen LogP contribution in [0.1, 0.15) is 29.6 Å². The van der Waals surface area contributed by atoms with E-state index in [1.54, 1.807) is 24.3 Å². The third kappa shape index (κ3) is 4.55. The molecule has 0 N–H and O–H groups in total. The van der Waals surface area contributed by atoms with Gasteiger partial charge in [-0.15, -0.1) is 0 Å². The molecule has 0 aliphatic carbocycles. The predicted octanol–water partition coefficient (Wildman–Crippen LogP) is 4.13. The topological polar surface area (TPSA) is 60.9 Å². The average Bonchev–Trinajstić information content (AvgIpc) is 2.96. The lowest BCUT2D eigenvalue weighted by Crippen LogP contribution is -2.46. The van der Waals surface area contributed by atoms with Gasteiger partial charge in [0.25, 0.3) is 15.9 Å². The summed E-state index contributed by atoms with van der Waals surface area (Å²) < 4.78 is 26.2. The third-order valence-corrected chi connectivity index (χ3v) is 8.54. The highest BCUT2D eigenvalue weighted by molar-refractivity contribution is 7.90. The molecule has 31 heavy (non-hydrogen) atoms. The largest absolute Gasteiger partial charge is 0.368 e. The molecule has 1 saturated heterocycles. The number of hydrogen-bond donors (Lipinski definition) is 0. The van der Waals surface area contributed by atoms with E-state index in [1.807, 2.05) is 12.1 Å². The van der Waals surface area contributed by atoms with Crippen LogP contribution in [0.4, 0.5) is 5.69 Å². The Morgan fingerprint density at radius 2 is 1.55 bits per heavy atom. The molecular weight excluding hydrogens is 457 g/mol. The highest BCUT2D eigenvalue weighted by Gasteiger charge is 2.40. The second kappa shape index (κ2) is 9.36. The van der Waals surface area contributed by atoms with Crippen LogP contribution in [0.2, 0.25) is 10.0 Å². The van der Waals surface area contributed by atoms with Gasteiger partial charge < -0.3 is 4.90 Å². The monoisotopic (exact) mass is 481 g/mol. The molecule has 0 aromatic heterocycles. The number of anilines is 1. The molecule has 2 aromatic rings. The number of sulfonamides is 1. The van der Waals surface area contributed by atoms with Gasteiger partial charge in [0, 0.05) is 32.7 Å². The van der Waals surface area contributed by atoms with E-state index in [1.165, 1.54) is 6.07 Å². The van der Waals surface area contributed by atoms with Crippen molar-refractivity contribution in [3.05, 3.63) is 58.1 Å². The van der Waals surface area contributed by atoms with E-state index in [-0.39, 0.29) is 17.0 Å². The molecule has 2 aromatic carbocycles. The van der Waals surface area contributed by atoms with Crippen LogP contribution in [0, 0.1) is 0 Å². The quantitative estimate of drug-likeness (QED) is 0.556. The van der Waals surface area contributed by atoms with Crippen molar-refractivity contribution in [3.8, 4) is 0 Å². The summed E-state index contributed by atoms with van der Waals surface area (Å²) in [6, 6.07) is 12.1. The van der Waals surface area contributed by atoms with Gasteiger partial charge in [0.15, 0.2) is 0 Å². The lowest BCUT2D eigenvalue weighted by atomic mass is 10.2. The Balaban J connectivity index is 1.20. The first-order valence-electron chi connectivity index (χ1n) is 10.5. The summed E-state index contributed by atoms with van der Waals surface area (Å²) in [5.41, 5.74) is 1.26. The van der Waals surface area contributed by atoms with Crippen molar-refractivity contribution in [1.29, 1.82) is 0 Å². The number of carbonyl (C=O) groups is 1. The van der Waals surface area contributed by atoms with Gasteiger partial charge in [0.1, 0.15) is 4.90 Å². The van der Waals surface area contributed by atoms with Gasteiger partial charge in [-0.05, 0) is 43.7 Å². The molecule has 0 bridgehead atoms. The Morgan fingerprint density at radius 3 is 2.29 bits per heavy atom. The second-order valence-electron chi connectivity index (χ2n) is 7.84. The molecule has 6 nitrogen and oxygen atoms in total. The van der Waals surface area contributed by atoms with E-state index in [2.05, 4.69) is 9.80 Å². The first-order valence-corrected chi connectivity index (χ1v) is 12.7. The van der Waals surface area contributed by atoms with E-state index in [0.29, 0.717) is 16.5 Å². The number of carbonyl (C=O) groups excluding carboxylic acids is 1. The molecule has 2 heterocycles. The Hall–Kier alpha value is -1.80. The molecule has 0 radical (unpaired) electrons. The van der Waals surface area contributed by atoms with Crippen molar-refractivity contribution in [3.63, 3.8) is 0 Å². The third-order valence-electron chi connectivity index (χ3n) is 5.89. The van der Waals surface area contributed by atoms with Crippen molar-refractivity contribution in [1.82, 2.24) is 9.21 Å². The number of hydrogen-bond acceptors (Lipinski definition) is 5. The number of amides is 1. The standard InChI is InChI=1S/C22H25Cl2N3O3S/c23-18-8-6-9-19(21(18)24)26-15-13-25(14-16-26)11-4-1-5-12-27-22(28)17-7-2-3-10-20(17)31(27,29)30/h2-3,6-10H,1,4-5,11-16H2. The van der Waals surface area contributed by atoms with Gasteiger partial charge in [-0.3, -0.25) is 9.69 Å². The SMILES string of the molecule is O=C1c2ccccc2S(=O)(=O)N1CCCCCN1CCN(c2cccc(Cl)c2Cl)CC1. The van der Waals surface area contributed by atoms with E-state index < -0.39 is 15.9 Å². The van der Waals surface area contributed by atoms with E-state index in [9.17, 15) is 13.2 Å². The molecule has 9 heteroatoms. The second-order valence-corrected chi connectivity index (χ2v) is 10.5. The zero-order chi connectivity index (χ0) is 22.0. The molecule has 2 aliphatic heterocycles. The van der Waals surface area contributed by atoms with Crippen LogP contribution in [0.3, 0.4) is 0 Å². The van der Waals surface area contributed by atoms with E-state index in [4.69, 9.17) is 23.2 Å². The first kappa shape index (κ1) is 22.4. The number of unbranched alkanes of at least 4 members (excludes halogenated alkanes) is 2. The summed E-state index contributed by atoms with van der Waals surface area (Å²) in [6.45, 7) is 4.85. The van der Waals surface area contributed by atoms with Gasteiger partial charge in [-0.1, -0.05) is 47.8 Å². The van der Waals surface area contributed by atoms with Crippen molar-refractivity contribution in [2.24, 2.45) is 0 Å². The number of halogens is 2. The van der Waals surface area contributed by atoms with E-state index in [0.717, 1.165) is 55.6 Å². The lowest BCUT2D eigenvalue weighted by Gasteiger charge is -2.36. The molecular formula is C22H25Cl2N3O3S. The van der Waals surface area contributed by atoms with Gasteiger partial charge >= 0.3 is 0 Å². The van der Waals surface area contributed by atoms with Gasteiger partial charge in [-0.2, -0.15) is 0 Å². The lowest BCUT2D eigenvalue weighted by molar-refractivity contribution is 0.0869. The van der Waals surface area contributed by atoms with Gasteiger partial charge in [0.05, 0.1) is 21.3 Å². The summed E-state index contributed by atoms with van der Waals surface area (Å²) in [4.78, 5) is 17.2. The molecule has 1 fully saturated rings. The molecule has 0 spiro atoms. The molecule has 0 saturated carbocycles. The molecule has 0 atom stereocenters. The Morgan fingerprint density at radius 1 is 0.839 bits per heavy atom. The Bertz CT molecular complexity index is 1070. The zero-order valence-corrected chi connectivity index (χ0v) is 19.5. The number of nitrogens with zero attached hydrogens (tertiary/aromatic N) is 3. The maximum atomic E-state index is 12.6. The highest BCUT2D eigenvalue weighted by Crippen LogP contribution is 2.33. The van der Waals surface area contributed by atoms with Crippen LogP contribution in [-0.2, 0) is 10.0 Å². The summed E-state index contributed by atoms with van der Waals surface area (Å²) in [5.74, 6) is -0.411. The highest BCUT2D eigenvalue weighted by atomic mass is 35.5. The maximum Gasteiger partial charge on any atom is 0.269 e. The minimum Gasteiger partial charge on any atom is -0.368 e. The zero-order valence-electron chi connectivity index (χ0n) is 17.1. The first-order chi connectivity index (χ1) is 14.9. The van der Waals surface area contributed by atoms with Crippen molar-refractivity contribution in [2.75, 3.05) is 44.2 Å².